The number of carboxylic acid groups (broad SMARTS) is 1. The number of carbonyl (C=O) groups is 2. The molecule has 5 heteroatoms. The van der Waals surface area contributed by atoms with Gasteiger partial charge in [0, 0.05) is 6.04 Å². The van der Waals surface area contributed by atoms with Crippen molar-refractivity contribution in [2.45, 2.75) is 32.7 Å². The zero-order valence-electron chi connectivity index (χ0n) is 11.0. The number of nitrogens with one attached hydrogen (secondary N) is 1. The van der Waals surface area contributed by atoms with Crippen molar-refractivity contribution in [1.82, 2.24) is 5.32 Å². The summed E-state index contributed by atoms with van der Waals surface area (Å²) in [6.45, 7) is 3.71. The van der Waals surface area contributed by atoms with Gasteiger partial charge in [-0.2, -0.15) is 0 Å². The van der Waals surface area contributed by atoms with E-state index in [2.05, 4.69) is 5.32 Å². The van der Waals surface area contributed by atoms with E-state index in [0.29, 0.717) is 5.56 Å². The quantitative estimate of drug-likeness (QED) is 0.828. The molecule has 1 unspecified atom stereocenters. The second kappa shape index (κ2) is 6.87. The van der Waals surface area contributed by atoms with Crippen LogP contribution in [0.5, 0.6) is 0 Å². The molecule has 0 spiro atoms. The van der Waals surface area contributed by atoms with Crippen LogP contribution in [0.1, 0.15) is 25.8 Å². The Kier molecular flexibility index (Phi) is 5.48. The first kappa shape index (κ1) is 15.1. The molecule has 104 valence electrons. The Balaban J connectivity index is 2.57. The fourth-order valence-electron chi connectivity index (χ4n) is 1.69. The van der Waals surface area contributed by atoms with Gasteiger partial charge in [-0.05, 0) is 23.6 Å². The van der Waals surface area contributed by atoms with Crippen molar-refractivity contribution in [2.24, 2.45) is 5.92 Å². The summed E-state index contributed by atoms with van der Waals surface area (Å²) in [6, 6.07) is 5.26. The van der Waals surface area contributed by atoms with Crippen LogP contribution in [0, 0.1) is 11.7 Å². The minimum Gasteiger partial charge on any atom is -0.481 e. The van der Waals surface area contributed by atoms with Crippen LogP contribution in [0.3, 0.4) is 0 Å². The van der Waals surface area contributed by atoms with Crippen LogP contribution in [0.2, 0.25) is 0 Å². The lowest BCUT2D eigenvalue weighted by Crippen LogP contribution is -2.40. The van der Waals surface area contributed by atoms with Crippen molar-refractivity contribution in [3.63, 3.8) is 0 Å². The summed E-state index contributed by atoms with van der Waals surface area (Å²) in [5.74, 6) is -1.52. The van der Waals surface area contributed by atoms with Gasteiger partial charge < -0.3 is 10.4 Å². The largest absolute Gasteiger partial charge is 0.481 e. The van der Waals surface area contributed by atoms with E-state index in [0.717, 1.165) is 0 Å². The minimum absolute atomic E-state index is 0.0354. The Morgan fingerprint density at radius 1 is 1.26 bits per heavy atom. The van der Waals surface area contributed by atoms with Gasteiger partial charge in [0.1, 0.15) is 5.82 Å². The molecule has 0 aliphatic heterocycles. The Hall–Kier alpha value is -1.91. The summed E-state index contributed by atoms with van der Waals surface area (Å²) in [6.07, 6.45) is 0.00986. The summed E-state index contributed by atoms with van der Waals surface area (Å²) in [4.78, 5) is 22.5. The number of amides is 1. The first-order valence-corrected chi connectivity index (χ1v) is 6.14. The van der Waals surface area contributed by atoms with Gasteiger partial charge in [-0.25, -0.2) is 4.39 Å². The number of aliphatic carboxylic acids is 1. The molecule has 4 nitrogen and oxygen atoms in total. The van der Waals surface area contributed by atoms with Crippen molar-refractivity contribution in [2.75, 3.05) is 0 Å². The summed E-state index contributed by atoms with van der Waals surface area (Å²) < 4.78 is 12.7. The van der Waals surface area contributed by atoms with Crippen molar-refractivity contribution < 1.29 is 19.1 Å². The number of carbonyl (C=O) groups excluding carboxylic acids is 1. The Bertz CT molecular complexity index is 443. The fourth-order valence-corrected chi connectivity index (χ4v) is 1.69. The van der Waals surface area contributed by atoms with E-state index in [9.17, 15) is 14.0 Å². The van der Waals surface area contributed by atoms with E-state index in [1.54, 1.807) is 0 Å². The third kappa shape index (κ3) is 5.50. The molecule has 0 aliphatic carbocycles. The normalized spacial score (nSPS) is 12.2. The fraction of sp³-hybridized carbons (Fsp3) is 0.429. The molecule has 19 heavy (non-hydrogen) atoms. The highest BCUT2D eigenvalue weighted by Gasteiger charge is 2.19. The molecule has 0 radical (unpaired) electrons. The van der Waals surface area contributed by atoms with Crippen molar-refractivity contribution in [3.8, 4) is 0 Å². The maximum Gasteiger partial charge on any atom is 0.305 e. The smallest absolute Gasteiger partial charge is 0.305 e. The predicted molar refractivity (Wildman–Crippen MR) is 69.1 cm³/mol. The van der Waals surface area contributed by atoms with Gasteiger partial charge in [-0.3, -0.25) is 9.59 Å². The summed E-state index contributed by atoms with van der Waals surface area (Å²) in [5.41, 5.74) is 0.691. The SMILES string of the molecule is CC(C)C(CC(=O)O)NC(=O)Cc1ccc(F)cc1. The minimum atomic E-state index is -0.944. The maximum atomic E-state index is 12.7. The van der Waals surface area contributed by atoms with E-state index in [4.69, 9.17) is 5.11 Å². The number of halogens is 1. The molecular weight excluding hydrogens is 249 g/mol. The lowest BCUT2D eigenvalue weighted by molar-refractivity contribution is -0.138. The third-order valence-corrected chi connectivity index (χ3v) is 2.82. The first-order valence-electron chi connectivity index (χ1n) is 6.14. The van der Waals surface area contributed by atoms with Crippen LogP contribution in [0.15, 0.2) is 24.3 Å². The zero-order chi connectivity index (χ0) is 14.4. The molecule has 0 saturated carbocycles. The van der Waals surface area contributed by atoms with Gasteiger partial charge in [0.25, 0.3) is 0 Å². The monoisotopic (exact) mass is 267 g/mol. The van der Waals surface area contributed by atoms with Gasteiger partial charge in [0.2, 0.25) is 5.91 Å². The van der Waals surface area contributed by atoms with E-state index in [1.165, 1.54) is 24.3 Å². The molecule has 0 fully saturated rings. The lowest BCUT2D eigenvalue weighted by Gasteiger charge is -2.20. The number of rotatable bonds is 6. The topological polar surface area (TPSA) is 66.4 Å². The van der Waals surface area contributed by atoms with Gasteiger partial charge in [0.15, 0.2) is 0 Å². The summed E-state index contributed by atoms with van der Waals surface area (Å²) in [7, 11) is 0. The van der Waals surface area contributed by atoms with Crippen LogP contribution >= 0.6 is 0 Å². The highest BCUT2D eigenvalue weighted by atomic mass is 19.1. The molecule has 1 atom stereocenters. The Morgan fingerprint density at radius 2 is 1.84 bits per heavy atom. The molecular formula is C14H18FNO3. The van der Waals surface area contributed by atoms with Gasteiger partial charge in [-0.15, -0.1) is 0 Å². The zero-order valence-corrected chi connectivity index (χ0v) is 11.0. The van der Waals surface area contributed by atoms with Crippen LogP contribution in [-0.2, 0) is 16.0 Å². The molecule has 1 amide bonds. The highest BCUT2D eigenvalue weighted by Crippen LogP contribution is 2.08. The number of carboxylic acids is 1. The predicted octanol–water partition coefficient (Wildman–Crippen LogP) is 1.98. The van der Waals surface area contributed by atoms with Crippen LogP contribution < -0.4 is 5.32 Å². The highest BCUT2D eigenvalue weighted by molar-refractivity contribution is 5.79. The maximum absolute atomic E-state index is 12.7. The number of benzene rings is 1. The molecule has 0 heterocycles. The lowest BCUT2D eigenvalue weighted by atomic mass is 10.0. The molecule has 0 bridgehead atoms. The standard InChI is InChI=1S/C14H18FNO3/c1-9(2)12(8-14(18)19)16-13(17)7-10-3-5-11(15)6-4-10/h3-6,9,12H,7-8H2,1-2H3,(H,16,17)(H,18,19). The number of hydrogen-bond donors (Lipinski definition) is 2. The molecule has 1 aromatic rings. The molecule has 1 rings (SSSR count). The second-order valence-electron chi connectivity index (χ2n) is 4.82. The first-order chi connectivity index (χ1) is 8.88. The Labute approximate surface area is 111 Å². The molecule has 1 aromatic carbocycles. The van der Waals surface area contributed by atoms with E-state index < -0.39 is 12.0 Å². The number of hydrogen-bond acceptors (Lipinski definition) is 2. The van der Waals surface area contributed by atoms with E-state index in [1.807, 2.05) is 13.8 Å². The average molecular weight is 267 g/mol. The van der Waals surface area contributed by atoms with Crippen LogP contribution in [0.4, 0.5) is 4.39 Å². The third-order valence-electron chi connectivity index (χ3n) is 2.82. The summed E-state index contributed by atoms with van der Waals surface area (Å²) in [5, 5.41) is 11.5. The van der Waals surface area contributed by atoms with Crippen LogP contribution in [0.25, 0.3) is 0 Å². The average Bonchev–Trinajstić information content (AvgIpc) is 2.30. The van der Waals surface area contributed by atoms with Crippen molar-refractivity contribution >= 4 is 11.9 Å². The summed E-state index contributed by atoms with van der Waals surface area (Å²) >= 11 is 0. The molecule has 0 aromatic heterocycles. The van der Waals surface area contributed by atoms with Crippen LogP contribution in [-0.4, -0.2) is 23.0 Å². The molecule has 0 aliphatic rings. The molecule has 0 saturated heterocycles. The van der Waals surface area contributed by atoms with Crippen molar-refractivity contribution in [3.05, 3.63) is 35.6 Å². The second-order valence-corrected chi connectivity index (χ2v) is 4.82. The molecule has 2 N–H and O–H groups in total. The Morgan fingerprint density at radius 3 is 2.32 bits per heavy atom. The van der Waals surface area contributed by atoms with Gasteiger partial charge >= 0.3 is 5.97 Å². The van der Waals surface area contributed by atoms with E-state index in [-0.39, 0.29) is 30.5 Å². The van der Waals surface area contributed by atoms with Gasteiger partial charge in [0.05, 0.1) is 12.8 Å². The van der Waals surface area contributed by atoms with Crippen molar-refractivity contribution in [1.29, 1.82) is 0 Å². The van der Waals surface area contributed by atoms with E-state index >= 15 is 0 Å². The van der Waals surface area contributed by atoms with Gasteiger partial charge in [-0.1, -0.05) is 26.0 Å².